The second kappa shape index (κ2) is 6.57. The van der Waals surface area contributed by atoms with E-state index in [4.69, 9.17) is 0 Å². The van der Waals surface area contributed by atoms with E-state index >= 15 is 0 Å². The number of carbonyl (C=O) groups excluding carboxylic acids is 1. The van der Waals surface area contributed by atoms with Gasteiger partial charge < -0.3 is 10.6 Å². The van der Waals surface area contributed by atoms with Gasteiger partial charge in [0.05, 0.1) is 11.1 Å². The number of fused-ring (bicyclic) bond motifs is 1. The van der Waals surface area contributed by atoms with Gasteiger partial charge in [0.15, 0.2) is 0 Å². The fourth-order valence-corrected chi connectivity index (χ4v) is 2.56. The molecule has 0 saturated carbocycles. The van der Waals surface area contributed by atoms with Crippen molar-refractivity contribution in [1.82, 2.24) is 10.3 Å². The zero-order valence-corrected chi connectivity index (χ0v) is 13.1. The largest absolute Gasteiger partial charge is 0.373 e. The van der Waals surface area contributed by atoms with Crippen LogP contribution >= 0.6 is 0 Å². The molecule has 21 heavy (non-hydrogen) atoms. The van der Waals surface area contributed by atoms with Gasteiger partial charge >= 0.3 is 0 Å². The monoisotopic (exact) mass is 285 g/mol. The van der Waals surface area contributed by atoms with E-state index in [0.717, 1.165) is 17.3 Å². The molecule has 1 unspecified atom stereocenters. The molecule has 0 aliphatic rings. The number of nitrogens with zero attached hydrogens (tertiary/aromatic N) is 1. The highest BCUT2D eigenvalue weighted by Crippen LogP contribution is 2.21. The topological polar surface area (TPSA) is 54.0 Å². The molecule has 0 radical (unpaired) electrons. The van der Waals surface area contributed by atoms with E-state index in [-0.39, 0.29) is 11.9 Å². The number of hydrogen-bond acceptors (Lipinski definition) is 3. The molecule has 1 amide bonds. The van der Waals surface area contributed by atoms with Crippen molar-refractivity contribution in [2.75, 3.05) is 12.4 Å². The Morgan fingerprint density at radius 2 is 1.95 bits per heavy atom. The van der Waals surface area contributed by atoms with Gasteiger partial charge in [0, 0.05) is 18.5 Å². The number of para-hydroxylation sites is 1. The summed E-state index contributed by atoms with van der Waals surface area (Å²) in [5, 5.41) is 6.97. The summed E-state index contributed by atoms with van der Waals surface area (Å²) in [6.45, 7) is 6.35. The third-order valence-corrected chi connectivity index (χ3v) is 3.42. The Labute approximate surface area is 126 Å². The number of aromatic nitrogens is 1. The number of anilines is 1. The zero-order chi connectivity index (χ0) is 15.4. The van der Waals surface area contributed by atoms with Crippen LogP contribution in [0.1, 0.15) is 37.6 Å². The molecule has 0 spiro atoms. The summed E-state index contributed by atoms with van der Waals surface area (Å²) in [6, 6.07) is 9.67. The summed E-state index contributed by atoms with van der Waals surface area (Å²) < 4.78 is 0. The van der Waals surface area contributed by atoms with Crippen LogP contribution in [0.5, 0.6) is 0 Å². The van der Waals surface area contributed by atoms with Crippen LogP contribution in [-0.4, -0.2) is 24.0 Å². The molecule has 2 N–H and O–H groups in total. The first-order valence-electron chi connectivity index (χ1n) is 7.39. The Kier molecular flexibility index (Phi) is 4.78. The smallest absolute Gasteiger partial charge is 0.252 e. The number of hydrogen-bond donors (Lipinski definition) is 2. The van der Waals surface area contributed by atoms with E-state index in [1.807, 2.05) is 31.2 Å². The van der Waals surface area contributed by atoms with Gasteiger partial charge in [-0.3, -0.25) is 4.79 Å². The van der Waals surface area contributed by atoms with Gasteiger partial charge in [-0.25, -0.2) is 4.98 Å². The predicted molar refractivity (Wildman–Crippen MR) is 87.7 cm³/mol. The molecule has 0 fully saturated rings. The maximum atomic E-state index is 12.6. The van der Waals surface area contributed by atoms with Crippen molar-refractivity contribution in [1.29, 1.82) is 0 Å². The van der Waals surface area contributed by atoms with Crippen molar-refractivity contribution >= 4 is 22.6 Å². The molecular weight excluding hydrogens is 262 g/mol. The molecule has 1 atom stereocenters. The number of amides is 1. The predicted octanol–water partition coefficient (Wildman–Crippen LogP) is 3.44. The molecule has 1 aromatic heterocycles. The molecule has 1 aromatic carbocycles. The van der Waals surface area contributed by atoms with Gasteiger partial charge in [0.25, 0.3) is 5.91 Å². The minimum Gasteiger partial charge on any atom is -0.373 e. The van der Waals surface area contributed by atoms with E-state index in [0.29, 0.717) is 17.3 Å². The van der Waals surface area contributed by atoms with E-state index in [1.54, 1.807) is 13.1 Å². The normalized spacial score (nSPS) is 12.4. The summed E-state index contributed by atoms with van der Waals surface area (Å²) in [7, 11) is 1.81. The van der Waals surface area contributed by atoms with Crippen LogP contribution in [0.4, 0.5) is 5.82 Å². The highest BCUT2D eigenvalue weighted by molar-refractivity contribution is 6.07. The SMILES string of the molecule is CNc1cc(C(=O)NC(C)CC(C)C)c2ccccc2n1. The van der Waals surface area contributed by atoms with Gasteiger partial charge in [0.2, 0.25) is 0 Å². The zero-order valence-electron chi connectivity index (χ0n) is 13.1. The Bertz CT molecular complexity index is 637. The number of nitrogens with one attached hydrogen (secondary N) is 2. The first kappa shape index (κ1) is 15.3. The molecule has 4 heteroatoms. The summed E-state index contributed by atoms with van der Waals surface area (Å²) in [5.41, 5.74) is 1.49. The van der Waals surface area contributed by atoms with Crippen LogP contribution in [0.2, 0.25) is 0 Å². The first-order chi connectivity index (χ1) is 10.0. The molecule has 0 bridgehead atoms. The van der Waals surface area contributed by atoms with Gasteiger partial charge in [0.1, 0.15) is 5.82 Å². The van der Waals surface area contributed by atoms with Crippen LogP contribution in [-0.2, 0) is 0 Å². The molecule has 0 aliphatic heterocycles. The lowest BCUT2D eigenvalue weighted by Gasteiger charge is -2.17. The van der Waals surface area contributed by atoms with E-state index < -0.39 is 0 Å². The summed E-state index contributed by atoms with van der Waals surface area (Å²) in [5.74, 6) is 1.22. The molecule has 4 nitrogen and oxygen atoms in total. The Balaban J connectivity index is 2.33. The first-order valence-corrected chi connectivity index (χ1v) is 7.39. The second-order valence-corrected chi connectivity index (χ2v) is 5.83. The number of carbonyl (C=O) groups is 1. The minimum absolute atomic E-state index is 0.0433. The number of pyridine rings is 1. The summed E-state index contributed by atoms with van der Waals surface area (Å²) >= 11 is 0. The van der Waals surface area contributed by atoms with E-state index in [1.165, 1.54) is 0 Å². The fourth-order valence-electron chi connectivity index (χ4n) is 2.56. The average molecular weight is 285 g/mol. The summed E-state index contributed by atoms with van der Waals surface area (Å²) in [4.78, 5) is 17.0. The maximum Gasteiger partial charge on any atom is 0.252 e. The van der Waals surface area contributed by atoms with Crippen LogP contribution in [0.25, 0.3) is 10.9 Å². The highest BCUT2D eigenvalue weighted by Gasteiger charge is 2.15. The van der Waals surface area contributed by atoms with Gasteiger partial charge in [-0.1, -0.05) is 32.0 Å². The van der Waals surface area contributed by atoms with Gasteiger partial charge in [-0.2, -0.15) is 0 Å². The van der Waals surface area contributed by atoms with Crippen LogP contribution < -0.4 is 10.6 Å². The van der Waals surface area contributed by atoms with Crippen molar-refractivity contribution in [2.24, 2.45) is 5.92 Å². The van der Waals surface area contributed by atoms with E-state index in [2.05, 4.69) is 29.5 Å². The van der Waals surface area contributed by atoms with Crippen LogP contribution in [0.15, 0.2) is 30.3 Å². The standard InChI is InChI=1S/C17H23N3O/c1-11(2)9-12(3)19-17(21)14-10-16(18-4)20-15-8-6-5-7-13(14)15/h5-8,10-12H,9H2,1-4H3,(H,18,20)(H,19,21). The molecule has 2 rings (SSSR count). The van der Waals surface area contributed by atoms with Crippen molar-refractivity contribution in [3.8, 4) is 0 Å². The lowest BCUT2D eigenvalue weighted by molar-refractivity contribution is 0.0938. The minimum atomic E-state index is -0.0433. The van der Waals surface area contributed by atoms with Crippen LogP contribution in [0, 0.1) is 5.92 Å². The fraction of sp³-hybridized carbons (Fsp3) is 0.412. The third kappa shape index (κ3) is 3.72. The molecule has 0 saturated heterocycles. The van der Waals surface area contributed by atoms with Gasteiger partial charge in [-0.15, -0.1) is 0 Å². The Morgan fingerprint density at radius 3 is 2.62 bits per heavy atom. The average Bonchev–Trinajstić information content (AvgIpc) is 2.44. The molecule has 112 valence electrons. The maximum absolute atomic E-state index is 12.6. The van der Waals surface area contributed by atoms with Gasteiger partial charge in [-0.05, 0) is 31.4 Å². The summed E-state index contributed by atoms with van der Waals surface area (Å²) in [6.07, 6.45) is 0.966. The lowest BCUT2D eigenvalue weighted by atomic mass is 10.0. The quantitative estimate of drug-likeness (QED) is 0.884. The van der Waals surface area contributed by atoms with Crippen molar-refractivity contribution < 1.29 is 4.79 Å². The molecule has 2 aromatic rings. The second-order valence-electron chi connectivity index (χ2n) is 5.83. The number of rotatable bonds is 5. The molecule has 1 heterocycles. The van der Waals surface area contributed by atoms with Crippen molar-refractivity contribution in [2.45, 2.75) is 33.2 Å². The lowest BCUT2D eigenvalue weighted by Crippen LogP contribution is -2.33. The Hall–Kier alpha value is -2.10. The van der Waals surface area contributed by atoms with Crippen LogP contribution in [0.3, 0.4) is 0 Å². The van der Waals surface area contributed by atoms with E-state index in [9.17, 15) is 4.79 Å². The van der Waals surface area contributed by atoms with Crippen molar-refractivity contribution in [3.05, 3.63) is 35.9 Å². The molecular formula is C17H23N3O. The number of benzene rings is 1. The Morgan fingerprint density at radius 1 is 1.24 bits per heavy atom. The third-order valence-electron chi connectivity index (χ3n) is 3.42. The molecule has 0 aliphatic carbocycles. The van der Waals surface area contributed by atoms with Crippen molar-refractivity contribution in [3.63, 3.8) is 0 Å². The highest BCUT2D eigenvalue weighted by atomic mass is 16.1.